The highest BCUT2D eigenvalue weighted by molar-refractivity contribution is 5.36. The van der Waals surface area contributed by atoms with Crippen LogP contribution in [0.5, 0.6) is 17.4 Å². The molecule has 0 fully saturated rings. The molecule has 0 aliphatic rings. The maximum Gasteiger partial charge on any atom is 0.220 e. The molecule has 0 radical (unpaired) electrons. The Morgan fingerprint density at radius 1 is 1.16 bits per heavy atom. The van der Waals surface area contributed by atoms with Crippen LogP contribution in [0, 0.1) is 11.3 Å². The molecule has 0 atom stereocenters. The van der Waals surface area contributed by atoms with Gasteiger partial charge in [-0.3, -0.25) is 0 Å². The van der Waals surface area contributed by atoms with E-state index in [-0.39, 0.29) is 0 Å². The molecular formula is C15H14N2O2. The van der Waals surface area contributed by atoms with E-state index in [4.69, 9.17) is 14.7 Å². The normalized spacial score (nSPS) is 9.68. The summed E-state index contributed by atoms with van der Waals surface area (Å²) in [6.07, 6.45) is 2.52. The van der Waals surface area contributed by atoms with Crippen LogP contribution in [0.25, 0.3) is 0 Å². The third kappa shape index (κ3) is 3.71. The zero-order valence-electron chi connectivity index (χ0n) is 10.7. The summed E-state index contributed by atoms with van der Waals surface area (Å²) in [5, 5.41) is 8.80. The Hall–Kier alpha value is -2.54. The van der Waals surface area contributed by atoms with Gasteiger partial charge in [0.2, 0.25) is 5.88 Å². The fraction of sp³-hybridized carbons (Fsp3) is 0.200. The molecule has 0 aliphatic carbocycles. The topological polar surface area (TPSA) is 55.1 Å². The average Bonchev–Trinajstić information content (AvgIpc) is 2.47. The van der Waals surface area contributed by atoms with Crippen LogP contribution in [0.3, 0.4) is 0 Å². The summed E-state index contributed by atoms with van der Waals surface area (Å²) < 4.78 is 11.0. The predicted molar refractivity (Wildman–Crippen MR) is 71.3 cm³/mol. The van der Waals surface area contributed by atoms with Crippen molar-refractivity contribution in [1.82, 2.24) is 4.98 Å². The van der Waals surface area contributed by atoms with E-state index in [1.807, 2.05) is 30.3 Å². The van der Waals surface area contributed by atoms with E-state index in [0.29, 0.717) is 23.8 Å². The summed E-state index contributed by atoms with van der Waals surface area (Å²) in [6.45, 7) is 2.76. The molecule has 0 aliphatic heterocycles. The highest BCUT2D eigenvalue weighted by Crippen LogP contribution is 2.22. The number of benzene rings is 1. The van der Waals surface area contributed by atoms with Crippen molar-refractivity contribution in [3.63, 3.8) is 0 Å². The Kier molecular flexibility index (Phi) is 4.35. The number of aromatic nitrogens is 1. The largest absolute Gasteiger partial charge is 0.494 e. The number of rotatable bonds is 5. The van der Waals surface area contributed by atoms with Gasteiger partial charge >= 0.3 is 0 Å². The summed E-state index contributed by atoms with van der Waals surface area (Å²) in [7, 11) is 0. The van der Waals surface area contributed by atoms with Crippen LogP contribution in [0.4, 0.5) is 0 Å². The number of pyridine rings is 1. The van der Waals surface area contributed by atoms with Gasteiger partial charge in [-0.15, -0.1) is 0 Å². The first-order chi connectivity index (χ1) is 9.31. The van der Waals surface area contributed by atoms with E-state index in [2.05, 4.69) is 11.9 Å². The Balaban J connectivity index is 2.04. The molecule has 0 bridgehead atoms. The van der Waals surface area contributed by atoms with Gasteiger partial charge in [0.25, 0.3) is 0 Å². The maximum absolute atomic E-state index is 8.80. The number of hydrogen-bond acceptors (Lipinski definition) is 4. The first-order valence-corrected chi connectivity index (χ1v) is 6.08. The Morgan fingerprint density at radius 3 is 2.58 bits per heavy atom. The van der Waals surface area contributed by atoms with E-state index < -0.39 is 0 Å². The minimum atomic E-state index is 0.404. The van der Waals surface area contributed by atoms with Crippen molar-refractivity contribution >= 4 is 0 Å². The van der Waals surface area contributed by atoms with Crippen molar-refractivity contribution in [2.45, 2.75) is 13.3 Å². The molecule has 4 nitrogen and oxygen atoms in total. The van der Waals surface area contributed by atoms with E-state index in [1.165, 1.54) is 0 Å². The number of ether oxygens (including phenoxy) is 2. The second-order valence-electron chi connectivity index (χ2n) is 3.92. The van der Waals surface area contributed by atoms with E-state index in [1.54, 1.807) is 18.3 Å². The fourth-order valence-electron chi connectivity index (χ4n) is 1.48. The zero-order chi connectivity index (χ0) is 13.5. The first kappa shape index (κ1) is 12.9. The van der Waals surface area contributed by atoms with Crippen LogP contribution in [0.1, 0.15) is 18.9 Å². The lowest BCUT2D eigenvalue weighted by atomic mass is 10.3. The summed E-state index contributed by atoms with van der Waals surface area (Å²) in [5.74, 6) is 1.88. The van der Waals surface area contributed by atoms with Gasteiger partial charge in [0.1, 0.15) is 11.5 Å². The van der Waals surface area contributed by atoms with Crippen molar-refractivity contribution in [3.8, 4) is 23.4 Å². The second kappa shape index (κ2) is 6.41. The van der Waals surface area contributed by atoms with Gasteiger partial charge < -0.3 is 9.47 Å². The van der Waals surface area contributed by atoms with Gasteiger partial charge in [0, 0.05) is 12.3 Å². The molecule has 19 heavy (non-hydrogen) atoms. The average molecular weight is 254 g/mol. The number of nitrogens with zero attached hydrogens (tertiary/aromatic N) is 2. The predicted octanol–water partition coefficient (Wildman–Crippen LogP) is 3.53. The van der Waals surface area contributed by atoms with Crippen LogP contribution in [0.15, 0.2) is 42.6 Å². The minimum Gasteiger partial charge on any atom is -0.494 e. The maximum atomic E-state index is 8.80. The standard InChI is InChI=1S/C15H14N2O2/c1-2-9-18-13-3-5-14(6-4-13)19-15-10-12(11-16)7-8-17-15/h3-8,10H,2,9H2,1H3. The Morgan fingerprint density at radius 2 is 1.89 bits per heavy atom. The molecule has 1 aromatic carbocycles. The van der Waals surface area contributed by atoms with Gasteiger partial charge in [0.05, 0.1) is 18.2 Å². The van der Waals surface area contributed by atoms with Crippen LogP contribution in [0.2, 0.25) is 0 Å². The summed E-state index contributed by atoms with van der Waals surface area (Å²) in [5.41, 5.74) is 0.521. The molecule has 0 spiro atoms. The highest BCUT2D eigenvalue weighted by Gasteiger charge is 2.01. The lowest BCUT2D eigenvalue weighted by molar-refractivity contribution is 0.317. The Labute approximate surface area is 112 Å². The lowest BCUT2D eigenvalue weighted by Crippen LogP contribution is -1.94. The molecule has 2 aromatic rings. The number of nitriles is 1. The molecule has 0 amide bonds. The molecule has 1 heterocycles. The van der Waals surface area contributed by atoms with Gasteiger partial charge in [-0.05, 0) is 36.8 Å². The zero-order valence-corrected chi connectivity index (χ0v) is 10.7. The van der Waals surface area contributed by atoms with Crippen molar-refractivity contribution in [3.05, 3.63) is 48.2 Å². The van der Waals surface area contributed by atoms with Gasteiger partial charge in [-0.25, -0.2) is 4.98 Å². The summed E-state index contributed by atoms with van der Waals surface area (Å²) in [4.78, 5) is 4.05. The number of hydrogen-bond donors (Lipinski definition) is 0. The fourth-order valence-corrected chi connectivity index (χ4v) is 1.48. The van der Waals surface area contributed by atoms with Crippen LogP contribution < -0.4 is 9.47 Å². The quantitative estimate of drug-likeness (QED) is 0.819. The van der Waals surface area contributed by atoms with Crippen LogP contribution >= 0.6 is 0 Å². The third-order valence-corrected chi connectivity index (χ3v) is 2.38. The van der Waals surface area contributed by atoms with Crippen molar-refractivity contribution in [2.75, 3.05) is 6.61 Å². The lowest BCUT2D eigenvalue weighted by Gasteiger charge is -2.07. The minimum absolute atomic E-state index is 0.404. The first-order valence-electron chi connectivity index (χ1n) is 6.08. The highest BCUT2D eigenvalue weighted by atomic mass is 16.5. The smallest absolute Gasteiger partial charge is 0.220 e. The monoisotopic (exact) mass is 254 g/mol. The van der Waals surface area contributed by atoms with Crippen LogP contribution in [-0.2, 0) is 0 Å². The Bertz CT molecular complexity index is 573. The molecule has 1 aromatic heterocycles. The van der Waals surface area contributed by atoms with Crippen molar-refractivity contribution in [1.29, 1.82) is 5.26 Å². The summed E-state index contributed by atoms with van der Waals surface area (Å²) in [6, 6.07) is 12.6. The molecule has 0 saturated carbocycles. The third-order valence-electron chi connectivity index (χ3n) is 2.38. The van der Waals surface area contributed by atoms with E-state index in [0.717, 1.165) is 12.2 Å². The molecule has 0 saturated heterocycles. The molecule has 96 valence electrons. The van der Waals surface area contributed by atoms with Gasteiger partial charge in [-0.2, -0.15) is 5.26 Å². The SMILES string of the molecule is CCCOc1ccc(Oc2cc(C#N)ccn2)cc1. The van der Waals surface area contributed by atoms with E-state index in [9.17, 15) is 0 Å². The summed E-state index contributed by atoms with van der Waals surface area (Å²) >= 11 is 0. The van der Waals surface area contributed by atoms with Crippen molar-refractivity contribution in [2.24, 2.45) is 0 Å². The van der Waals surface area contributed by atoms with E-state index >= 15 is 0 Å². The van der Waals surface area contributed by atoms with Crippen LogP contribution in [-0.4, -0.2) is 11.6 Å². The molecule has 0 unspecified atom stereocenters. The van der Waals surface area contributed by atoms with Gasteiger partial charge in [-0.1, -0.05) is 6.92 Å². The second-order valence-corrected chi connectivity index (χ2v) is 3.92. The molecular weight excluding hydrogens is 240 g/mol. The molecule has 4 heteroatoms. The molecule has 0 N–H and O–H groups in total. The van der Waals surface area contributed by atoms with Gasteiger partial charge in [0.15, 0.2) is 0 Å². The van der Waals surface area contributed by atoms with Crippen molar-refractivity contribution < 1.29 is 9.47 Å². The molecule has 2 rings (SSSR count).